The summed E-state index contributed by atoms with van der Waals surface area (Å²) in [5.41, 5.74) is 0.912. The van der Waals surface area contributed by atoms with Gasteiger partial charge in [-0.15, -0.1) is 0 Å². The van der Waals surface area contributed by atoms with Crippen LogP contribution in [0.15, 0.2) is 24.3 Å². The van der Waals surface area contributed by atoms with Crippen LogP contribution in [0.2, 0.25) is 0 Å². The quantitative estimate of drug-likeness (QED) is 0.678. The second-order valence-electron chi connectivity index (χ2n) is 6.74. The van der Waals surface area contributed by atoms with Crippen molar-refractivity contribution in [3.8, 4) is 5.75 Å². The predicted molar refractivity (Wildman–Crippen MR) is 77.7 cm³/mol. The van der Waals surface area contributed by atoms with E-state index in [1.165, 1.54) is 6.08 Å². The fourth-order valence-electron chi connectivity index (χ4n) is 5.02. The number of hydrogen-bond donors (Lipinski definition) is 3. The van der Waals surface area contributed by atoms with E-state index in [9.17, 15) is 15.0 Å². The maximum Gasteiger partial charge on any atom is 0.196 e. The van der Waals surface area contributed by atoms with Gasteiger partial charge in [-0.2, -0.15) is 0 Å². The van der Waals surface area contributed by atoms with Crippen molar-refractivity contribution in [2.75, 3.05) is 6.54 Å². The number of carbonyl (C=O) groups is 1. The van der Waals surface area contributed by atoms with Gasteiger partial charge in [-0.1, -0.05) is 12.1 Å². The van der Waals surface area contributed by atoms with Crippen molar-refractivity contribution in [1.82, 2.24) is 5.32 Å². The molecule has 1 fully saturated rings. The summed E-state index contributed by atoms with van der Waals surface area (Å²) >= 11 is 0. The van der Waals surface area contributed by atoms with E-state index in [4.69, 9.17) is 4.74 Å². The third kappa shape index (κ3) is 1.14. The highest BCUT2D eigenvalue weighted by atomic mass is 16.5. The van der Waals surface area contributed by atoms with E-state index in [1.807, 2.05) is 12.1 Å². The number of carbonyl (C=O) groups excluding carboxylic acids is 1. The van der Waals surface area contributed by atoms with E-state index in [0.29, 0.717) is 24.2 Å². The minimum atomic E-state index is -1.11. The van der Waals surface area contributed by atoms with E-state index in [0.717, 1.165) is 17.7 Å². The van der Waals surface area contributed by atoms with E-state index in [-0.39, 0.29) is 18.4 Å². The van der Waals surface area contributed by atoms with Gasteiger partial charge in [0.25, 0.3) is 0 Å². The number of ketones is 1. The Kier molecular flexibility index (Phi) is 2.21. The molecule has 1 unspecified atom stereocenters. The third-order valence-electron chi connectivity index (χ3n) is 5.97. The zero-order valence-electron chi connectivity index (χ0n) is 12.0. The summed E-state index contributed by atoms with van der Waals surface area (Å²) in [6.07, 6.45) is 3.78. The lowest BCUT2D eigenvalue weighted by atomic mass is 9.51. The standard InChI is InChI=1S/C17H17NO4/c19-8-10-2-1-9-7-12-17(21)4-3-11(20)15-16(17,5-6-18-12)13(9)14(10)22-15/h1-4,12,15,18-19,21H,5-8H2/t12-,15?,16+,17-/m1/s1. The van der Waals surface area contributed by atoms with Crippen LogP contribution in [0, 0.1) is 0 Å². The van der Waals surface area contributed by atoms with Gasteiger partial charge in [-0.05, 0) is 37.1 Å². The van der Waals surface area contributed by atoms with E-state index in [2.05, 4.69) is 5.32 Å². The van der Waals surface area contributed by atoms with Crippen LogP contribution >= 0.6 is 0 Å². The Hall–Kier alpha value is -1.69. The van der Waals surface area contributed by atoms with Gasteiger partial charge in [0.15, 0.2) is 11.9 Å². The van der Waals surface area contributed by atoms with Crippen molar-refractivity contribution in [3.63, 3.8) is 0 Å². The number of hydrogen-bond acceptors (Lipinski definition) is 5. The summed E-state index contributed by atoms with van der Waals surface area (Å²) in [4.78, 5) is 12.5. The molecule has 1 aromatic rings. The molecule has 2 aliphatic heterocycles. The highest BCUT2D eigenvalue weighted by Crippen LogP contribution is 2.61. The van der Waals surface area contributed by atoms with Crippen molar-refractivity contribution >= 4 is 5.78 Å². The van der Waals surface area contributed by atoms with Crippen LogP contribution in [0.4, 0.5) is 0 Å². The largest absolute Gasteiger partial charge is 0.481 e. The van der Waals surface area contributed by atoms with Gasteiger partial charge in [-0.25, -0.2) is 0 Å². The third-order valence-corrected chi connectivity index (χ3v) is 5.97. The summed E-state index contributed by atoms with van der Waals surface area (Å²) in [5.74, 6) is 0.513. The van der Waals surface area contributed by atoms with Crippen molar-refractivity contribution in [3.05, 3.63) is 41.0 Å². The normalized spacial score (nSPS) is 40.4. The lowest BCUT2D eigenvalue weighted by Gasteiger charge is -2.57. The number of nitrogens with one attached hydrogen (secondary N) is 1. The van der Waals surface area contributed by atoms with Crippen LogP contribution in [0.25, 0.3) is 0 Å². The zero-order chi connectivity index (χ0) is 15.1. The van der Waals surface area contributed by atoms with Gasteiger partial charge in [0.2, 0.25) is 0 Å². The van der Waals surface area contributed by atoms with E-state index < -0.39 is 17.1 Å². The molecule has 114 valence electrons. The first-order valence-corrected chi connectivity index (χ1v) is 7.73. The number of rotatable bonds is 1. The van der Waals surface area contributed by atoms with Gasteiger partial charge in [-0.3, -0.25) is 4.79 Å². The van der Waals surface area contributed by atoms with Crippen LogP contribution in [0.1, 0.15) is 23.1 Å². The molecule has 22 heavy (non-hydrogen) atoms. The number of aliphatic hydroxyl groups is 2. The van der Waals surface area contributed by atoms with Crippen LogP contribution in [0.3, 0.4) is 0 Å². The Morgan fingerprint density at radius 1 is 1.41 bits per heavy atom. The molecule has 0 amide bonds. The molecule has 2 heterocycles. The van der Waals surface area contributed by atoms with Crippen molar-refractivity contribution in [1.29, 1.82) is 0 Å². The molecule has 3 N–H and O–H groups in total. The second-order valence-corrected chi connectivity index (χ2v) is 6.74. The number of benzene rings is 1. The molecule has 0 radical (unpaired) electrons. The van der Waals surface area contributed by atoms with Crippen LogP contribution in [-0.4, -0.2) is 40.3 Å². The molecule has 4 atom stereocenters. The van der Waals surface area contributed by atoms with Gasteiger partial charge >= 0.3 is 0 Å². The maximum absolute atomic E-state index is 12.5. The first kappa shape index (κ1) is 12.8. The number of ether oxygens (including phenoxy) is 1. The van der Waals surface area contributed by atoms with Crippen molar-refractivity contribution < 1.29 is 19.7 Å². The molecular weight excluding hydrogens is 282 g/mol. The Morgan fingerprint density at radius 2 is 2.27 bits per heavy atom. The van der Waals surface area contributed by atoms with Gasteiger partial charge in [0.1, 0.15) is 11.4 Å². The summed E-state index contributed by atoms with van der Waals surface area (Å²) in [7, 11) is 0. The van der Waals surface area contributed by atoms with Gasteiger partial charge in [0.05, 0.1) is 12.0 Å². The molecule has 1 aromatic carbocycles. The zero-order valence-corrected chi connectivity index (χ0v) is 12.0. The smallest absolute Gasteiger partial charge is 0.196 e. The molecule has 0 aromatic heterocycles. The molecule has 1 saturated heterocycles. The van der Waals surface area contributed by atoms with E-state index in [1.54, 1.807) is 6.08 Å². The minimum absolute atomic E-state index is 0.0988. The lowest BCUT2D eigenvalue weighted by molar-refractivity contribution is -0.139. The topological polar surface area (TPSA) is 78.8 Å². The number of aliphatic hydroxyl groups excluding tert-OH is 1. The monoisotopic (exact) mass is 299 g/mol. The average molecular weight is 299 g/mol. The minimum Gasteiger partial charge on any atom is -0.481 e. The summed E-state index contributed by atoms with van der Waals surface area (Å²) in [6, 6.07) is 3.75. The fourth-order valence-corrected chi connectivity index (χ4v) is 5.02. The van der Waals surface area contributed by atoms with Crippen molar-refractivity contribution in [2.45, 2.75) is 42.6 Å². The molecular formula is C17H17NO4. The number of piperidine rings is 1. The molecule has 1 spiro atoms. The Labute approximate surface area is 127 Å². The van der Waals surface area contributed by atoms with Gasteiger partial charge in [0, 0.05) is 17.2 Å². The second kappa shape index (κ2) is 3.79. The summed E-state index contributed by atoms with van der Waals surface area (Å²) in [6.45, 7) is 0.614. The molecule has 5 heteroatoms. The lowest BCUT2D eigenvalue weighted by Crippen LogP contribution is -2.74. The molecule has 5 nitrogen and oxygen atoms in total. The average Bonchev–Trinajstić information content (AvgIpc) is 2.85. The van der Waals surface area contributed by atoms with Crippen LogP contribution in [-0.2, 0) is 23.2 Å². The highest BCUT2D eigenvalue weighted by Gasteiger charge is 2.70. The predicted octanol–water partition coefficient (Wildman–Crippen LogP) is -0.0343. The Bertz CT molecular complexity index is 742. The summed E-state index contributed by atoms with van der Waals surface area (Å²) in [5, 5.41) is 24.5. The SMILES string of the molecule is O=C1C=C[C@@]2(O)[C@H]3Cc4ccc(CO)c5c4[C@@]2(CCN3)C1O5. The molecule has 2 aliphatic carbocycles. The van der Waals surface area contributed by atoms with Crippen molar-refractivity contribution in [2.24, 2.45) is 0 Å². The van der Waals surface area contributed by atoms with Crippen LogP contribution < -0.4 is 10.1 Å². The molecule has 5 rings (SSSR count). The highest BCUT2D eigenvalue weighted by molar-refractivity contribution is 5.98. The Morgan fingerprint density at radius 3 is 3.09 bits per heavy atom. The first-order chi connectivity index (χ1) is 10.6. The molecule has 0 saturated carbocycles. The van der Waals surface area contributed by atoms with Crippen LogP contribution in [0.5, 0.6) is 5.75 Å². The Balaban J connectivity index is 1.90. The maximum atomic E-state index is 12.5. The fraction of sp³-hybridized carbons (Fsp3) is 0.471. The first-order valence-electron chi connectivity index (χ1n) is 7.73. The molecule has 2 bridgehead atoms. The van der Waals surface area contributed by atoms with E-state index >= 15 is 0 Å². The summed E-state index contributed by atoms with van der Waals surface area (Å²) < 4.78 is 6.03. The molecule has 4 aliphatic rings. The van der Waals surface area contributed by atoms with Gasteiger partial charge < -0.3 is 20.3 Å².